The molecule has 2 aromatic carbocycles. The maximum absolute atomic E-state index is 12.2. The molecule has 5 N–H and O–H groups in total. The van der Waals surface area contributed by atoms with Crippen molar-refractivity contribution < 1.29 is 27.5 Å². The molecule has 0 aliphatic rings. The number of rotatable bonds is 10. The Morgan fingerprint density at radius 3 is 2.45 bits per heavy atom. The minimum absolute atomic E-state index is 0.0103. The lowest BCUT2D eigenvalue weighted by Crippen LogP contribution is -2.31. The summed E-state index contributed by atoms with van der Waals surface area (Å²) in [5, 5.41) is 17.6. The van der Waals surface area contributed by atoms with Crippen LogP contribution < -0.4 is 15.8 Å². The van der Waals surface area contributed by atoms with Gasteiger partial charge in [0.1, 0.15) is 0 Å². The fraction of sp³-hybridized carbons (Fsp3) is 0.238. The SMILES string of the molecule is NS(=O)(=O)c1ccc(CCNC(=O)COC(=O)CCNC(=O)c2n[nH]c3ccccc23)cc1. The topological polar surface area (TPSA) is 173 Å². The van der Waals surface area contributed by atoms with Gasteiger partial charge in [0.25, 0.3) is 11.8 Å². The fourth-order valence-electron chi connectivity index (χ4n) is 2.96. The number of H-pyrrole nitrogens is 1. The van der Waals surface area contributed by atoms with Gasteiger partial charge in [-0.1, -0.05) is 30.3 Å². The number of hydrogen-bond acceptors (Lipinski definition) is 7. The quantitative estimate of drug-likeness (QED) is 0.305. The van der Waals surface area contributed by atoms with Crippen LogP contribution in [0.4, 0.5) is 0 Å². The fourth-order valence-corrected chi connectivity index (χ4v) is 3.48. The number of nitrogens with zero attached hydrogens (tertiary/aromatic N) is 1. The maximum atomic E-state index is 12.2. The Morgan fingerprint density at radius 1 is 1.00 bits per heavy atom. The van der Waals surface area contributed by atoms with Gasteiger partial charge in [-0.2, -0.15) is 5.10 Å². The van der Waals surface area contributed by atoms with Gasteiger partial charge in [0.05, 0.1) is 16.8 Å². The third kappa shape index (κ3) is 6.85. The van der Waals surface area contributed by atoms with Crippen molar-refractivity contribution in [3.8, 4) is 0 Å². The van der Waals surface area contributed by atoms with E-state index in [4.69, 9.17) is 9.88 Å². The second-order valence-electron chi connectivity index (χ2n) is 7.07. The lowest BCUT2D eigenvalue weighted by molar-refractivity contribution is -0.148. The minimum atomic E-state index is -3.75. The molecular weight excluding hydrogens is 450 g/mol. The van der Waals surface area contributed by atoms with Gasteiger partial charge in [0, 0.05) is 18.5 Å². The van der Waals surface area contributed by atoms with Crippen molar-refractivity contribution in [2.75, 3.05) is 19.7 Å². The van der Waals surface area contributed by atoms with Crippen LogP contribution in [0.3, 0.4) is 0 Å². The zero-order valence-electron chi connectivity index (χ0n) is 17.5. The number of hydrogen-bond donors (Lipinski definition) is 4. The number of ether oxygens (including phenoxy) is 1. The van der Waals surface area contributed by atoms with Gasteiger partial charge in [-0.3, -0.25) is 19.5 Å². The first-order valence-electron chi connectivity index (χ1n) is 9.99. The summed E-state index contributed by atoms with van der Waals surface area (Å²) < 4.78 is 27.4. The first kappa shape index (κ1) is 23.9. The first-order chi connectivity index (χ1) is 15.7. The van der Waals surface area contributed by atoms with E-state index in [9.17, 15) is 22.8 Å². The van der Waals surface area contributed by atoms with Crippen LogP contribution in [0.15, 0.2) is 53.4 Å². The smallest absolute Gasteiger partial charge is 0.308 e. The largest absolute Gasteiger partial charge is 0.456 e. The number of aromatic nitrogens is 2. The zero-order chi connectivity index (χ0) is 23.8. The predicted octanol–water partition coefficient (Wildman–Crippen LogP) is 0.232. The summed E-state index contributed by atoms with van der Waals surface area (Å²) in [6.45, 7) is -0.130. The van der Waals surface area contributed by atoms with Crippen molar-refractivity contribution in [1.29, 1.82) is 0 Å². The normalized spacial score (nSPS) is 11.2. The van der Waals surface area contributed by atoms with E-state index in [1.807, 2.05) is 6.07 Å². The Balaban J connectivity index is 1.31. The number of benzene rings is 2. The standard InChI is InChI=1S/C21H23N5O6S/c22-33(30,31)15-7-5-14(6-8-15)9-11-23-18(27)13-32-19(28)10-12-24-21(29)20-16-3-1-2-4-17(16)25-26-20/h1-8H,9-13H2,(H,23,27)(H,24,29)(H,25,26)(H2,22,30,31). The average Bonchev–Trinajstić information content (AvgIpc) is 3.22. The highest BCUT2D eigenvalue weighted by molar-refractivity contribution is 7.89. The third-order valence-electron chi connectivity index (χ3n) is 4.65. The van der Waals surface area contributed by atoms with E-state index in [1.165, 1.54) is 12.1 Å². The van der Waals surface area contributed by atoms with Gasteiger partial charge in [-0.25, -0.2) is 13.6 Å². The number of nitrogens with one attached hydrogen (secondary N) is 3. The number of para-hydroxylation sites is 1. The van der Waals surface area contributed by atoms with Crippen molar-refractivity contribution in [3.05, 3.63) is 59.8 Å². The molecule has 174 valence electrons. The number of carbonyl (C=O) groups is 3. The van der Waals surface area contributed by atoms with Gasteiger partial charge >= 0.3 is 5.97 Å². The van der Waals surface area contributed by atoms with Crippen molar-refractivity contribution in [2.24, 2.45) is 5.14 Å². The molecule has 0 unspecified atom stereocenters. The molecule has 0 saturated heterocycles. The lowest BCUT2D eigenvalue weighted by atomic mass is 10.1. The zero-order valence-corrected chi connectivity index (χ0v) is 18.4. The minimum Gasteiger partial charge on any atom is -0.456 e. The number of primary sulfonamides is 1. The Labute approximate surface area is 189 Å². The highest BCUT2D eigenvalue weighted by Crippen LogP contribution is 2.14. The monoisotopic (exact) mass is 473 g/mol. The summed E-state index contributed by atoms with van der Waals surface area (Å²) in [7, 11) is -3.75. The molecule has 3 aromatic rings. The molecule has 0 saturated carbocycles. The number of carbonyl (C=O) groups excluding carboxylic acids is 3. The lowest BCUT2D eigenvalue weighted by Gasteiger charge is -2.08. The van der Waals surface area contributed by atoms with Crippen LogP contribution in [0.1, 0.15) is 22.5 Å². The average molecular weight is 474 g/mol. The Kier molecular flexibility index (Phi) is 7.74. The van der Waals surface area contributed by atoms with Crippen LogP contribution in [0.25, 0.3) is 10.9 Å². The van der Waals surface area contributed by atoms with Crippen LogP contribution in [0, 0.1) is 0 Å². The summed E-state index contributed by atoms with van der Waals surface area (Å²) in [5.74, 6) is -1.53. The Hall–Kier alpha value is -3.77. The number of aromatic amines is 1. The second-order valence-corrected chi connectivity index (χ2v) is 8.63. The first-order valence-corrected chi connectivity index (χ1v) is 11.5. The summed E-state index contributed by atoms with van der Waals surface area (Å²) in [6, 6.07) is 13.2. The van der Waals surface area contributed by atoms with E-state index in [0.717, 1.165) is 11.1 Å². The number of esters is 1. The Bertz CT molecular complexity index is 1250. The molecule has 1 heterocycles. The van der Waals surface area contributed by atoms with Gasteiger partial charge in [-0.05, 0) is 30.2 Å². The number of sulfonamides is 1. The van der Waals surface area contributed by atoms with E-state index < -0.39 is 34.4 Å². The summed E-state index contributed by atoms with van der Waals surface area (Å²) >= 11 is 0. The van der Waals surface area contributed by atoms with Crippen LogP contribution in [0.2, 0.25) is 0 Å². The molecule has 33 heavy (non-hydrogen) atoms. The molecule has 0 radical (unpaired) electrons. The molecule has 0 aliphatic carbocycles. The van der Waals surface area contributed by atoms with E-state index in [0.29, 0.717) is 11.8 Å². The molecule has 0 aliphatic heterocycles. The predicted molar refractivity (Wildman–Crippen MR) is 119 cm³/mol. The number of fused-ring (bicyclic) bond motifs is 1. The van der Waals surface area contributed by atoms with Gasteiger partial charge in [0.15, 0.2) is 12.3 Å². The van der Waals surface area contributed by atoms with E-state index in [1.54, 1.807) is 30.3 Å². The van der Waals surface area contributed by atoms with Gasteiger partial charge in [0.2, 0.25) is 10.0 Å². The summed E-state index contributed by atoms with van der Waals surface area (Å²) in [6.07, 6.45) is 0.357. The molecule has 2 amide bonds. The van der Waals surface area contributed by atoms with Crippen LogP contribution in [0.5, 0.6) is 0 Å². The van der Waals surface area contributed by atoms with Crippen molar-refractivity contribution >= 4 is 38.7 Å². The maximum Gasteiger partial charge on any atom is 0.308 e. The molecule has 0 atom stereocenters. The van der Waals surface area contributed by atoms with E-state index >= 15 is 0 Å². The molecule has 11 nitrogen and oxygen atoms in total. The van der Waals surface area contributed by atoms with Crippen molar-refractivity contribution in [3.63, 3.8) is 0 Å². The van der Waals surface area contributed by atoms with Gasteiger partial charge in [-0.15, -0.1) is 0 Å². The van der Waals surface area contributed by atoms with Gasteiger partial charge < -0.3 is 15.4 Å². The molecule has 3 rings (SSSR count). The molecular formula is C21H23N5O6S. The van der Waals surface area contributed by atoms with E-state index in [-0.39, 0.29) is 30.1 Å². The number of amides is 2. The van der Waals surface area contributed by atoms with Crippen LogP contribution in [-0.2, 0) is 30.8 Å². The highest BCUT2D eigenvalue weighted by Gasteiger charge is 2.14. The molecule has 1 aromatic heterocycles. The van der Waals surface area contributed by atoms with Crippen molar-refractivity contribution in [1.82, 2.24) is 20.8 Å². The Morgan fingerprint density at radius 2 is 1.73 bits per heavy atom. The summed E-state index contributed by atoms with van der Waals surface area (Å²) in [5.41, 5.74) is 1.77. The third-order valence-corrected chi connectivity index (χ3v) is 5.58. The van der Waals surface area contributed by atoms with Crippen LogP contribution >= 0.6 is 0 Å². The number of nitrogens with two attached hydrogens (primary N) is 1. The van der Waals surface area contributed by atoms with Crippen LogP contribution in [-0.4, -0.2) is 56.1 Å². The van der Waals surface area contributed by atoms with Crippen molar-refractivity contribution in [2.45, 2.75) is 17.7 Å². The highest BCUT2D eigenvalue weighted by atomic mass is 32.2. The second kappa shape index (κ2) is 10.7. The molecule has 0 fully saturated rings. The molecule has 12 heteroatoms. The molecule has 0 spiro atoms. The van der Waals surface area contributed by atoms with E-state index in [2.05, 4.69) is 20.8 Å². The summed E-state index contributed by atoms with van der Waals surface area (Å²) in [4.78, 5) is 35.9. The molecule has 0 bridgehead atoms.